The second kappa shape index (κ2) is 5.99. The highest BCUT2D eigenvalue weighted by Crippen LogP contribution is 2.20. The van der Waals surface area contributed by atoms with Gasteiger partial charge in [0.1, 0.15) is 5.69 Å². The van der Waals surface area contributed by atoms with Crippen LogP contribution >= 0.6 is 0 Å². The zero-order chi connectivity index (χ0) is 17.4. The molecule has 4 aromatic rings. The highest BCUT2D eigenvalue weighted by Gasteiger charge is 2.16. The predicted molar refractivity (Wildman–Crippen MR) is 95.5 cm³/mol. The molecule has 1 N–H and O–H groups in total. The van der Waals surface area contributed by atoms with E-state index in [9.17, 15) is 9.90 Å². The van der Waals surface area contributed by atoms with Crippen LogP contribution in [-0.4, -0.2) is 24.4 Å². The van der Waals surface area contributed by atoms with Crippen LogP contribution in [0.5, 0.6) is 0 Å². The van der Waals surface area contributed by atoms with Crippen molar-refractivity contribution in [2.45, 2.75) is 6.61 Å². The molecule has 0 aliphatic rings. The number of fused-ring (bicyclic) bond motifs is 1. The summed E-state index contributed by atoms with van der Waals surface area (Å²) in [5.74, 6) is 0. The van der Waals surface area contributed by atoms with Crippen molar-refractivity contribution in [2.24, 2.45) is 7.05 Å². The van der Waals surface area contributed by atoms with Gasteiger partial charge in [0.15, 0.2) is 5.69 Å². The molecule has 0 amide bonds. The van der Waals surface area contributed by atoms with E-state index >= 15 is 0 Å². The fourth-order valence-corrected chi connectivity index (χ4v) is 2.89. The Hall–Kier alpha value is -3.25. The first-order valence-corrected chi connectivity index (χ1v) is 7.90. The van der Waals surface area contributed by atoms with Crippen molar-refractivity contribution in [1.29, 1.82) is 0 Å². The number of aliphatic hydroxyl groups excluding tert-OH is 1. The lowest BCUT2D eigenvalue weighted by Crippen LogP contribution is -2.21. The standard InChI is InChI=1S/C19H16N4O2/c1-22-17-10-6-5-9-15(17)20-18(19(22)25)16-11-14(12-24)23(21-16)13-7-3-2-4-8-13/h2-11,24H,12H2,1H3. The summed E-state index contributed by atoms with van der Waals surface area (Å²) in [5.41, 5.74) is 3.39. The molecule has 0 saturated carbocycles. The molecule has 2 aromatic heterocycles. The number of hydrogen-bond donors (Lipinski definition) is 1. The summed E-state index contributed by atoms with van der Waals surface area (Å²) in [7, 11) is 1.72. The van der Waals surface area contributed by atoms with E-state index in [0.29, 0.717) is 11.4 Å². The predicted octanol–water partition coefficient (Wildman–Crippen LogP) is 2.28. The first kappa shape index (κ1) is 15.3. The molecule has 0 saturated heterocycles. The molecule has 0 aliphatic heterocycles. The van der Waals surface area contributed by atoms with E-state index in [0.717, 1.165) is 16.7 Å². The summed E-state index contributed by atoms with van der Waals surface area (Å²) in [6.07, 6.45) is 0. The van der Waals surface area contributed by atoms with Crippen molar-refractivity contribution in [2.75, 3.05) is 0 Å². The number of para-hydroxylation sites is 3. The Bertz CT molecular complexity index is 1110. The number of aromatic nitrogens is 4. The molecule has 6 nitrogen and oxygen atoms in total. The summed E-state index contributed by atoms with van der Waals surface area (Å²) in [6, 6.07) is 18.6. The molecular weight excluding hydrogens is 316 g/mol. The highest BCUT2D eigenvalue weighted by atomic mass is 16.3. The van der Waals surface area contributed by atoms with Gasteiger partial charge in [0.2, 0.25) is 0 Å². The normalized spacial score (nSPS) is 11.1. The van der Waals surface area contributed by atoms with Crippen molar-refractivity contribution >= 4 is 11.0 Å². The van der Waals surface area contributed by atoms with E-state index in [-0.39, 0.29) is 17.9 Å². The lowest BCUT2D eigenvalue weighted by atomic mass is 10.2. The fraction of sp³-hybridized carbons (Fsp3) is 0.105. The third kappa shape index (κ3) is 2.53. The van der Waals surface area contributed by atoms with Gasteiger partial charge in [-0.05, 0) is 30.3 Å². The SMILES string of the molecule is Cn1c(=O)c(-c2cc(CO)n(-c3ccccc3)n2)nc2ccccc21. The monoisotopic (exact) mass is 332 g/mol. The number of rotatable bonds is 3. The van der Waals surface area contributed by atoms with E-state index in [1.54, 1.807) is 22.4 Å². The minimum Gasteiger partial charge on any atom is -0.390 e. The third-order valence-electron chi connectivity index (χ3n) is 4.17. The third-order valence-corrected chi connectivity index (χ3v) is 4.17. The quantitative estimate of drug-likeness (QED) is 0.625. The average Bonchev–Trinajstić information content (AvgIpc) is 3.09. The van der Waals surface area contributed by atoms with Gasteiger partial charge in [0.25, 0.3) is 5.56 Å². The van der Waals surface area contributed by atoms with Crippen LogP contribution in [0, 0.1) is 0 Å². The molecule has 0 aliphatic carbocycles. The molecule has 2 aromatic carbocycles. The summed E-state index contributed by atoms with van der Waals surface area (Å²) in [6.45, 7) is -0.185. The largest absolute Gasteiger partial charge is 0.390 e. The molecule has 6 heteroatoms. The molecule has 124 valence electrons. The maximum Gasteiger partial charge on any atom is 0.279 e. The van der Waals surface area contributed by atoms with Gasteiger partial charge < -0.3 is 9.67 Å². The van der Waals surface area contributed by atoms with Gasteiger partial charge in [-0.2, -0.15) is 5.10 Å². The minimum atomic E-state index is -0.221. The van der Waals surface area contributed by atoms with Gasteiger partial charge in [-0.3, -0.25) is 4.79 Å². The number of nitrogens with zero attached hydrogens (tertiary/aromatic N) is 4. The summed E-state index contributed by atoms with van der Waals surface area (Å²) in [4.78, 5) is 17.2. The Morgan fingerprint density at radius 1 is 1.04 bits per heavy atom. The van der Waals surface area contributed by atoms with Gasteiger partial charge in [-0.25, -0.2) is 9.67 Å². The minimum absolute atomic E-state index is 0.185. The van der Waals surface area contributed by atoms with Crippen molar-refractivity contribution in [3.05, 3.63) is 76.7 Å². The Kier molecular flexibility index (Phi) is 3.66. The van der Waals surface area contributed by atoms with Gasteiger partial charge in [-0.15, -0.1) is 0 Å². The second-order valence-corrected chi connectivity index (χ2v) is 5.74. The van der Waals surface area contributed by atoms with E-state index in [1.165, 1.54) is 0 Å². The van der Waals surface area contributed by atoms with Crippen LogP contribution in [0.4, 0.5) is 0 Å². The molecule has 4 rings (SSSR count). The van der Waals surface area contributed by atoms with Crippen LogP contribution in [0.3, 0.4) is 0 Å². The molecule has 0 bridgehead atoms. The maximum atomic E-state index is 12.7. The van der Waals surface area contributed by atoms with E-state index < -0.39 is 0 Å². The molecule has 0 fully saturated rings. The van der Waals surface area contributed by atoms with Crippen LogP contribution in [0.25, 0.3) is 28.1 Å². The van der Waals surface area contributed by atoms with Crippen LogP contribution in [0.2, 0.25) is 0 Å². The summed E-state index contributed by atoms with van der Waals surface area (Å²) in [5, 5.41) is 14.2. The van der Waals surface area contributed by atoms with E-state index in [4.69, 9.17) is 0 Å². The summed E-state index contributed by atoms with van der Waals surface area (Å²) < 4.78 is 3.20. The van der Waals surface area contributed by atoms with Gasteiger partial charge in [-0.1, -0.05) is 30.3 Å². The molecule has 2 heterocycles. The average molecular weight is 332 g/mol. The van der Waals surface area contributed by atoms with E-state index in [2.05, 4.69) is 10.1 Å². The van der Waals surface area contributed by atoms with Gasteiger partial charge in [0, 0.05) is 7.05 Å². The molecular formula is C19H16N4O2. The highest BCUT2D eigenvalue weighted by molar-refractivity contribution is 5.77. The summed E-state index contributed by atoms with van der Waals surface area (Å²) >= 11 is 0. The fourth-order valence-electron chi connectivity index (χ4n) is 2.89. The molecule has 0 spiro atoms. The Morgan fingerprint density at radius 2 is 1.76 bits per heavy atom. The smallest absolute Gasteiger partial charge is 0.279 e. The second-order valence-electron chi connectivity index (χ2n) is 5.74. The van der Waals surface area contributed by atoms with Crippen LogP contribution in [0.1, 0.15) is 5.69 Å². The Morgan fingerprint density at radius 3 is 2.52 bits per heavy atom. The first-order valence-electron chi connectivity index (χ1n) is 7.90. The number of hydrogen-bond acceptors (Lipinski definition) is 4. The Balaban J connectivity index is 1.94. The molecule has 0 atom stereocenters. The van der Waals surface area contributed by atoms with Crippen LogP contribution in [-0.2, 0) is 13.7 Å². The number of benzene rings is 2. The van der Waals surface area contributed by atoms with Crippen molar-refractivity contribution < 1.29 is 5.11 Å². The first-order chi connectivity index (χ1) is 12.2. The molecule has 0 radical (unpaired) electrons. The van der Waals surface area contributed by atoms with Crippen LogP contribution in [0.15, 0.2) is 65.5 Å². The zero-order valence-corrected chi connectivity index (χ0v) is 13.6. The topological polar surface area (TPSA) is 72.9 Å². The van der Waals surface area contributed by atoms with Crippen molar-refractivity contribution in [3.63, 3.8) is 0 Å². The van der Waals surface area contributed by atoms with Gasteiger partial charge in [0.05, 0.1) is 29.0 Å². The van der Waals surface area contributed by atoms with Crippen molar-refractivity contribution in [3.8, 4) is 17.1 Å². The number of aryl methyl sites for hydroxylation is 1. The maximum absolute atomic E-state index is 12.7. The van der Waals surface area contributed by atoms with Crippen LogP contribution < -0.4 is 5.56 Å². The number of aliphatic hydroxyl groups is 1. The van der Waals surface area contributed by atoms with Crippen molar-refractivity contribution in [1.82, 2.24) is 19.3 Å². The lowest BCUT2D eigenvalue weighted by molar-refractivity contribution is 0.273. The molecule has 25 heavy (non-hydrogen) atoms. The van der Waals surface area contributed by atoms with Gasteiger partial charge >= 0.3 is 0 Å². The molecule has 0 unspecified atom stereocenters. The lowest BCUT2D eigenvalue weighted by Gasteiger charge is -2.06. The zero-order valence-electron chi connectivity index (χ0n) is 13.6. The Labute approximate surface area is 143 Å². The van der Waals surface area contributed by atoms with E-state index in [1.807, 2.05) is 54.6 Å².